The van der Waals surface area contributed by atoms with Gasteiger partial charge in [0.1, 0.15) is 17.1 Å². The molecule has 0 aliphatic heterocycles. The minimum atomic E-state index is -0.655. The summed E-state index contributed by atoms with van der Waals surface area (Å²) in [4.78, 5) is 26.4. The van der Waals surface area contributed by atoms with Crippen molar-refractivity contribution in [1.29, 1.82) is 0 Å². The van der Waals surface area contributed by atoms with Gasteiger partial charge in [-0.15, -0.1) is 11.3 Å². The molecule has 0 radical (unpaired) electrons. The van der Waals surface area contributed by atoms with Crippen molar-refractivity contribution in [3.8, 4) is 11.5 Å². The number of esters is 1. The van der Waals surface area contributed by atoms with Crippen molar-refractivity contribution < 1.29 is 23.8 Å². The molecular weight excluding hydrogens is 316 g/mol. The van der Waals surface area contributed by atoms with Crippen LogP contribution in [0.3, 0.4) is 0 Å². The maximum Gasteiger partial charge on any atom is 0.346 e. The first-order valence-corrected chi connectivity index (χ1v) is 7.78. The third kappa shape index (κ3) is 3.71. The van der Waals surface area contributed by atoms with Gasteiger partial charge < -0.3 is 14.2 Å². The van der Waals surface area contributed by atoms with Gasteiger partial charge in [-0.05, 0) is 32.0 Å². The Balaban J connectivity index is 2.14. The first-order valence-electron chi connectivity index (χ1n) is 6.96. The fourth-order valence-electron chi connectivity index (χ4n) is 2.24. The van der Waals surface area contributed by atoms with Crippen molar-refractivity contribution in [2.45, 2.75) is 13.8 Å². The molecule has 1 heterocycles. The Kier molecular flexibility index (Phi) is 5.39. The van der Waals surface area contributed by atoms with E-state index < -0.39 is 5.97 Å². The first-order chi connectivity index (χ1) is 11.0. The summed E-state index contributed by atoms with van der Waals surface area (Å²) < 4.78 is 15.5. The van der Waals surface area contributed by atoms with E-state index in [4.69, 9.17) is 14.2 Å². The zero-order valence-electron chi connectivity index (χ0n) is 13.5. The molecule has 0 bridgehead atoms. The van der Waals surface area contributed by atoms with Crippen LogP contribution in [0, 0.1) is 13.8 Å². The van der Waals surface area contributed by atoms with Crippen LogP contribution in [0.15, 0.2) is 24.3 Å². The molecule has 0 spiro atoms. The third-order valence-electron chi connectivity index (χ3n) is 3.31. The summed E-state index contributed by atoms with van der Waals surface area (Å²) in [6.07, 6.45) is 0. The van der Waals surface area contributed by atoms with Crippen LogP contribution in [0.1, 0.15) is 30.5 Å². The number of hydrogen-bond donors (Lipinski definition) is 0. The second-order valence-corrected chi connectivity index (χ2v) is 6.32. The summed E-state index contributed by atoms with van der Waals surface area (Å²) >= 11 is 1.54. The molecule has 2 rings (SSSR count). The Morgan fingerprint density at radius 3 is 2.17 bits per heavy atom. The number of carbonyl (C=O) groups excluding carboxylic acids is 2. The van der Waals surface area contributed by atoms with Crippen molar-refractivity contribution in [1.82, 2.24) is 0 Å². The third-order valence-corrected chi connectivity index (χ3v) is 4.27. The summed E-state index contributed by atoms with van der Waals surface area (Å²) in [6.45, 7) is 3.48. The van der Waals surface area contributed by atoms with E-state index in [0.29, 0.717) is 17.1 Å². The van der Waals surface area contributed by atoms with E-state index in [2.05, 4.69) is 0 Å². The molecule has 0 atom stereocenters. The lowest BCUT2D eigenvalue weighted by molar-refractivity contribution is 0.0468. The number of hydrogen-bond acceptors (Lipinski definition) is 6. The molecule has 0 fully saturated rings. The zero-order chi connectivity index (χ0) is 17.0. The van der Waals surface area contributed by atoms with E-state index >= 15 is 0 Å². The van der Waals surface area contributed by atoms with E-state index in [1.807, 2.05) is 13.8 Å². The number of carbonyl (C=O) groups is 2. The molecule has 1 aromatic heterocycles. The van der Waals surface area contributed by atoms with Gasteiger partial charge in [0.25, 0.3) is 0 Å². The Bertz CT molecular complexity index is 710. The Labute approximate surface area is 138 Å². The van der Waals surface area contributed by atoms with Crippen LogP contribution in [0.2, 0.25) is 0 Å². The minimum absolute atomic E-state index is 0.170. The molecule has 0 aliphatic rings. The molecule has 5 nitrogen and oxygen atoms in total. The van der Waals surface area contributed by atoms with E-state index in [9.17, 15) is 9.59 Å². The maximum absolute atomic E-state index is 12.3. The van der Waals surface area contributed by atoms with Crippen molar-refractivity contribution in [2.75, 3.05) is 20.8 Å². The normalized spacial score (nSPS) is 10.3. The first kappa shape index (κ1) is 17.0. The fourth-order valence-corrected chi connectivity index (χ4v) is 3.18. The Hall–Kier alpha value is -2.34. The van der Waals surface area contributed by atoms with Crippen LogP contribution in [0.25, 0.3) is 0 Å². The summed E-state index contributed by atoms with van der Waals surface area (Å²) in [5, 5.41) is 0. The van der Waals surface area contributed by atoms with Crippen LogP contribution in [-0.4, -0.2) is 32.6 Å². The average Bonchev–Trinajstić information content (AvgIpc) is 2.89. The smallest absolute Gasteiger partial charge is 0.346 e. The molecule has 0 saturated heterocycles. The summed E-state index contributed by atoms with van der Waals surface area (Å²) in [5.74, 6) is -0.208. The second-order valence-electron chi connectivity index (χ2n) is 4.86. The van der Waals surface area contributed by atoms with E-state index in [1.165, 1.54) is 25.6 Å². The lowest BCUT2D eigenvalue weighted by atomic mass is 10.1. The minimum Gasteiger partial charge on any atom is -0.496 e. The van der Waals surface area contributed by atoms with Crippen molar-refractivity contribution in [3.63, 3.8) is 0 Å². The number of methoxy groups -OCH3 is 2. The highest BCUT2D eigenvalue weighted by atomic mass is 32.1. The van der Waals surface area contributed by atoms with Gasteiger partial charge in [-0.2, -0.15) is 0 Å². The van der Waals surface area contributed by atoms with Gasteiger partial charge in [0.05, 0.1) is 14.2 Å². The zero-order valence-corrected chi connectivity index (χ0v) is 14.3. The highest BCUT2D eigenvalue weighted by Gasteiger charge is 2.21. The summed E-state index contributed by atoms with van der Waals surface area (Å²) in [6, 6.07) is 6.78. The number of thiophene rings is 1. The quantitative estimate of drug-likeness (QED) is 0.598. The number of ether oxygens (including phenoxy) is 3. The topological polar surface area (TPSA) is 61.8 Å². The van der Waals surface area contributed by atoms with Crippen LogP contribution < -0.4 is 9.47 Å². The SMILES string of the molecule is COc1cccc(OC)c1C(=O)OCC(=O)c1cc(C)sc1C. The Morgan fingerprint density at radius 1 is 1.09 bits per heavy atom. The largest absolute Gasteiger partial charge is 0.496 e. The van der Waals surface area contributed by atoms with Gasteiger partial charge in [0.2, 0.25) is 5.78 Å². The van der Waals surface area contributed by atoms with Gasteiger partial charge in [-0.25, -0.2) is 4.79 Å². The predicted molar refractivity (Wildman–Crippen MR) is 88.0 cm³/mol. The summed E-state index contributed by atoms with van der Waals surface area (Å²) in [7, 11) is 2.91. The monoisotopic (exact) mass is 334 g/mol. The number of ketones is 1. The molecule has 6 heteroatoms. The fraction of sp³-hybridized carbons (Fsp3) is 0.294. The number of Topliss-reactive ketones (excluding diaryl/α,β-unsaturated/α-hetero) is 1. The number of aryl methyl sites for hydroxylation is 2. The van der Waals surface area contributed by atoms with Gasteiger partial charge in [0.15, 0.2) is 6.61 Å². The van der Waals surface area contributed by atoms with Crippen LogP contribution >= 0.6 is 11.3 Å². The molecule has 2 aromatic rings. The van der Waals surface area contributed by atoms with Crippen molar-refractivity contribution in [3.05, 3.63) is 45.1 Å². The predicted octanol–water partition coefficient (Wildman–Crippen LogP) is 3.42. The van der Waals surface area contributed by atoms with Crippen molar-refractivity contribution >= 4 is 23.1 Å². The standard InChI is InChI=1S/C17H18O5S/c1-10-8-12(11(2)23-10)13(18)9-22-17(19)16-14(20-3)6-5-7-15(16)21-4/h5-8H,9H2,1-4H3. The van der Waals surface area contributed by atoms with Gasteiger partial charge in [-0.1, -0.05) is 6.07 Å². The molecule has 0 unspecified atom stereocenters. The van der Waals surface area contributed by atoms with E-state index in [0.717, 1.165) is 9.75 Å². The molecule has 1 aromatic carbocycles. The average molecular weight is 334 g/mol. The molecule has 122 valence electrons. The molecule has 23 heavy (non-hydrogen) atoms. The number of rotatable bonds is 6. The summed E-state index contributed by atoms with van der Waals surface area (Å²) in [5.41, 5.74) is 0.760. The van der Waals surface area contributed by atoms with Gasteiger partial charge >= 0.3 is 5.97 Å². The van der Waals surface area contributed by atoms with Gasteiger partial charge in [-0.3, -0.25) is 4.79 Å². The van der Waals surface area contributed by atoms with E-state index in [-0.39, 0.29) is 18.0 Å². The second kappa shape index (κ2) is 7.28. The lowest BCUT2D eigenvalue weighted by Gasteiger charge is -2.12. The molecular formula is C17H18O5S. The van der Waals surface area contributed by atoms with Gasteiger partial charge in [0, 0.05) is 15.3 Å². The maximum atomic E-state index is 12.3. The Morgan fingerprint density at radius 2 is 1.70 bits per heavy atom. The lowest BCUT2D eigenvalue weighted by Crippen LogP contribution is -2.15. The molecule has 0 amide bonds. The molecule has 0 N–H and O–H groups in total. The highest BCUT2D eigenvalue weighted by Crippen LogP contribution is 2.29. The van der Waals surface area contributed by atoms with Crippen LogP contribution in [0.5, 0.6) is 11.5 Å². The van der Waals surface area contributed by atoms with Crippen molar-refractivity contribution in [2.24, 2.45) is 0 Å². The number of benzene rings is 1. The molecule has 0 saturated carbocycles. The highest BCUT2D eigenvalue weighted by molar-refractivity contribution is 7.12. The molecule has 0 aliphatic carbocycles. The van der Waals surface area contributed by atoms with Crippen LogP contribution in [0.4, 0.5) is 0 Å². The van der Waals surface area contributed by atoms with Crippen LogP contribution in [-0.2, 0) is 4.74 Å². The van der Waals surface area contributed by atoms with E-state index in [1.54, 1.807) is 24.3 Å².